The molecule has 0 radical (unpaired) electrons. The van der Waals surface area contributed by atoms with Gasteiger partial charge < -0.3 is 15.0 Å². The van der Waals surface area contributed by atoms with Crippen LogP contribution in [0.25, 0.3) is 10.9 Å². The van der Waals surface area contributed by atoms with E-state index in [-0.39, 0.29) is 5.91 Å². The van der Waals surface area contributed by atoms with Crippen LogP contribution in [-0.2, 0) is 6.42 Å². The van der Waals surface area contributed by atoms with Crippen molar-refractivity contribution in [3.05, 3.63) is 60.0 Å². The highest BCUT2D eigenvalue weighted by molar-refractivity contribution is 5.95. The number of hydrogen-bond acceptors (Lipinski definition) is 5. The van der Waals surface area contributed by atoms with Crippen LogP contribution in [0.1, 0.15) is 22.6 Å². The largest absolute Gasteiger partial charge is 0.490 e. The molecule has 0 saturated carbocycles. The smallest absolute Gasteiger partial charge is 0.254 e. The summed E-state index contributed by atoms with van der Waals surface area (Å²) in [7, 11) is 0. The number of fused-ring (bicyclic) bond motifs is 2. The number of para-hydroxylation sites is 1. The highest BCUT2D eigenvalue weighted by Gasteiger charge is 2.28. The van der Waals surface area contributed by atoms with Crippen molar-refractivity contribution in [2.45, 2.75) is 12.8 Å². The molecule has 0 spiro atoms. The molecule has 2 aliphatic heterocycles. The van der Waals surface area contributed by atoms with E-state index in [1.54, 1.807) is 0 Å². The predicted molar refractivity (Wildman–Crippen MR) is 108 cm³/mol. The number of rotatable bonds is 3. The second-order valence-electron chi connectivity index (χ2n) is 7.44. The fourth-order valence-corrected chi connectivity index (χ4v) is 4.00. The van der Waals surface area contributed by atoms with Crippen molar-refractivity contribution in [1.82, 2.24) is 14.9 Å². The maximum Gasteiger partial charge on any atom is 0.254 e. The quantitative estimate of drug-likeness (QED) is 0.763. The second kappa shape index (κ2) is 7.11. The number of likely N-dealkylation sites (tertiary alicyclic amines) is 1. The number of hydrogen-bond donors (Lipinski definition) is 1. The van der Waals surface area contributed by atoms with Crippen molar-refractivity contribution >= 4 is 22.5 Å². The fourth-order valence-electron chi connectivity index (χ4n) is 4.00. The molecule has 1 saturated heterocycles. The fraction of sp³-hybridized carbons (Fsp3) is 0.318. The van der Waals surface area contributed by atoms with Crippen LogP contribution >= 0.6 is 0 Å². The van der Waals surface area contributed by atoms with Gasteiger partial charge in [-0.05, 0) is 36.6 Å². The van der Waals surface area contributed by atoms with Crippen molar-refractivity contribution in [3.8, 4) is 5.75 Å². The molecule has 1 aromatic heterocycles. The molecule has 0 unspecified atom stereocenters. The molecule has 6 heteroatoms. The predicted octanol–water partition coefficient (Wildman–Crippen LogP) is 3.14. The van der Waals surface area contributed by atoms with Gasteiger partial charge in [0, 0.05) is 43.2 Å². The molecule has 1 atom stereocenters. The summed E-state index contributed by atoms with van der Waals surface area (Å²) in [5, 5.41) is 4.34. The molecule has 28 heavy (non-hydrogen) atoms. The van der Waals surface area contributed by atoms with Gasteiger partial charge in [-0.15, -0.1) is 0 Å². The van der Waals surface area contributed by atoms with Crippen molar-refractivity contribution in [3.63, 3.8) is 0 Å². The summed E-state index contributed by atoms with van der Waals surface area (Å²) >= 11 is 0. The molecule has 0 bridgehead atoms. The molecule has 3 aromatic rings. The number of carbonyl (C=O) groups is 1. The molecule has 5 rings (SSSR count). The zero-order chi connectivity index (χ0) is 18.9. The Morgan fingerprint density at radius 2 is 2.18 bits per heavy atom. The van der Waals surface area contributed by atoms with E-state index in [4.69, 9.17) is 4.74 Å². The summed E-state index contributed by atoms with van der Waals surface area (Å²) in [5.41, 5.74) is 2.61. The van der Waals surface area contributed by atoms with Gasteiger partial charge in [-0.3, -0.25) is 4.79 Å². The Morgan fingerprint density at radius 3 is 3.14 bits per heavy atom. The van der Waals surface area contributed by atoms with Crippen molar-refractivity contribution in [2.75, 3.05) is 31.6 Å². The van der Waals surface area contributed by atoms with Crippen molar-refractivity contribution in [1.29, 1.82) is 0 Å². The van der Waals surface area contributed by atoms with Crippen LogP contribution in [-0.4, -0.2) is 47.0 Å². The maximum atomic E-state index is 12.9. The lowest BCUT2D eigenvalue weighted by molar-refractivity contribution is 0.0786. The second-order valence-corrected chi connectivity index (χ2v) is 7.44. The summed E-state index contributed by atoms with van der Waals surface area (Å²) < 4.78 is 5.66. The summed E-state index contributed by atoms with van der Waals surface area (Å²) in [4.78, 5) is 24.0. The number of amides is 1. The van der Waals surface area contributed by atoms with Gasteiger partial charge in [0.1, 0.15) is 18.2 Å². The van der Waals surface area contributed by atoms with Crippen LogP contribution in [0.5, 0.6) is 5.75 Å². The van der Waals surface area contributed by atoms with Gasteiger partial charge in [0.25, 0.3) is 5.91 Å². The number of anilines is 1. The molecule has 142 valence electrons. The van der Waals surface area contributed by atoms with E-state index >= 15 is 0 Å². The third-order valence-electron chi connectivity index (χ3n) is 5.49. The number of carbonyl (C=O) groups excluding carboxylic acids is 1. The third kappa shape index (κ3) is 3.26. The van der Waals surface area contributed by atoms with Crippen LogP contribution in [0.2, 0.25) is 0 Å². The Labute approximate surface area is 163 Å². The standard InChI is InChI=1S/C22H22N4O2/c27-22(16-5-6-19-20(12-16)28-10-8-23-19)26-9-7-15(14-26)11-21-24-13-17-3-1-2-4-18(17)25-21/h1-6,12-13,15,23H,7-11,14H2/t15-/m0/s1. The number of ether oxygens (including phenoxy) is 1. The van der Waals surface area contributed by atoms with Gasteiger partial charge >= 0.3 is 0 Å². The average Bonchev–Trinajstić information content (AvgIpc) is 3.21. The van der Waals surface area contributed by atoms with Crippen molar-refractivity contribution < 1.29 is 9.53 Å². The Kier molecular flexibility index (Phi) is 4.31. The minimum absolute atomic E-state index is 0.0684. The SMILES string of the molecule is O=C(c1ccc2c(c1)OCCN2)N1CC[C@@H](Cc2ncc3ccccc3n2)C1. The van der Waals surface area contributed by atoms with Gasteiger partial charge in [0.05, 0.1) is 11.2 Å². The van der Waals surface area contributed by atoms with Crippen LogP contribution in [0.4, 0.5) is 5.69 Å². The molecular formula is C22H22N4O2. The summed E-state index contributed by atoms with van der Waals surface area (Å²) in [6, 6.07) is 13.7. The molecule has 2 aromatic carbocycles. The molecule has 1 amide bonds. The first-order valence-corrected chi connectivity index (χ1v) is 9.77. The summed E-state index contributed by atoms with van der Waals surface area (Å²) in [5.74, 6) is 2.07. The molecule has 1 N–H and O–H groups in total. The topological polar surface area (TPSA) is 67.3 Å². The summed E-state index contributed by atoms with van der Waals surface area (Å²) in [6.45, 7) is 2.94. The van der Waals surface area contributed by atoms with E-state index in [2.05, 4.69) is 15.3 Å². The molecular weight excluding hydrogens is 352 g/mol. The Hall–Kier alpha value is -3.15. The van der Waals surface area contributed by atoms with E-state index in [1.807, 2.05) is 53.6 Å². The Balaban J connectivity index is 1.26. The van der Waals surface area contributed by atoms with E-state index in [0.29, 0.717) is 18.1 Å². The van der Waals surface area contributed by atoms with Gasteiger partial charge in [0.2, 0.25) is 0 Å². The van der Waals surface area contributed by atoms with E-state index in [9.17, 15) is 4.79 Å². The molecule has 1 fully saturated rings. The zero-order valence-electron chi connectivity index (χ0n) is 15.6. The first kappa shape index (κ1) is 17.0. The van der Waals surface area contributed by atoms with Gasteiger partial charge in [-0.2, -0.15) is 0 Å². The van der Waals surface area contributed by atoms with Crippen LogP contribution < -0.4 is 10.1 Å². The number of nitrogens with zero attached hydrogens (tertiary/aromatic N) is 3. The average molecular weight is 374 g/mol. The minimum atomic E-state index is 0.0684. The monoisotopic (exact) mass is 374 g/mol. The molecule has 3 heterocycles. The van der Waals surface area contributed by atoms with Gasteiger partial charge in [-0.1, -0.05) is 18.2 Å². The lowest BCUT2D eigenvalue weighted by atomic mass is 10.0. The lowest BCUT2D eigenvalue weighted by Gasteiger charge is -2.21. The van der Waals surface area contributed by atoms with Crippen molar-refractivity contribution in [2.24, 2.45) is 5.92 Å². The highest BCUT2D eigenvalue weighted by Crippen LogP contribution is 2.29. The van der Waals surface area contributed by atoms with E-state index < -0.39 is 0 Å². The maximum absolute atomic E-state index is 12.9. The van der Waals surface area contributed by atoms with Crippen LogP contribution in [0.3, 0.4) is 0 Å². The number of aromatic nitrogens is 2. The number of nitrogens with one attached hydrogen (secondary N) is 1. The highest BCUT2D eigenvalue weighted by atomic mass is 16.5. The number of benzene rings is 2. The zero-order valence-corrected chi connectivity index (χ0v) is 15.6. The molecule has 0 aliphatic carbocycles. The van der Waals surface area contributed by atoms with Gasteiger partial charge in [0.15, 0.2) is 0 Å². The van der Waals surface area contributed by atoms with Crippen LogP contribution in [0, 0.1) is 5.92 Å². The Bertz CT molecular complexity index is 1040. The first-order chi connectivity index (χ1) is 13.8. The first-order valence-electron chi connectivity index (χ1n) is 9.77. The summed E-state index contributed by atoms with van der Waals surface area (Å²) in [6.07, 6.45) is 3.66. The van der Waals surface area contributed by atoms with E-state index in [1.165, 1.54) is 0 Å². The Morgan fingerprint density at radius 1 is 1.25 bits per heavy atom. The minimum Gasteiger partial charge on any atom is -0.490 e. The van der Waals surface area contributed by atoms with Gasteiger partial charge in [-0.25, -0.2) is 9.97 Å². The lowest BCUT2D eigenvalue weighted by Crippen LogP contribution is -2.29. The third-order valence-corrected chi connectivity index (χ3v) is 5.49. The van der Waals surface area contributed by atoms with E-state index in [0.717, 1.165) is 60.6 Å². The molecule has 2 aliphatic rings. The normalized spacial score (nSPS) is 18.4. The van der Waals surface area contributed by atoms with Crippen LogP contribution in [0.15, 0.2) is 48.7 Å². The molecule has 6 nitrogen and oxygen atoms in total.